The Morgan fingerprint density at radius 3 is 2.08 bits per heavy atom. The number of carboxylic acids is 1. The molecule has 0 saturated carbocycles. The summed E-state index contributed by atoms with van der Waals surface area (Å²) >= 11 is 0. The Kier molecular flexibility index (Phi) is 5.19. The van der Waals surface area contributed by atoms with E-state index in [1.807, 2.05) is 0 Å². The van der Waals surface area contributed by atoms with E-state index in [0.29, 0.717) is 12.1 Å². The monoisotopic (exact) mass is 370 g/mol. The van der Waals surface area contributed by atoms with Gasteiger partial charge >= 0.3 is 27.6 Å². The summed E-state index contributed by atoms with van der Waals surface area (Å²) in [7, 11) is -6.04. The number of carboxylic acid groups (broad SMARTS) is 1. The molecule has 0 aliphatic carbocycles. The summed E-state index contributed by atoms with van der Waals surface area (Å²) in [6.07, 6.45) is 0. The normalized spacial score (nSPS) is 12.6. The van der Waals surface area contributed by atoms with Gasteiger partial charge < -0.3 is 14.0 Å². The molecule has 0 atom stereocenters. The Balaban J connectivity index is 3.40. The van der Waals surface area contributed by atoms with Gasteiger partial charge in [-0.2, -0.15) is 21.6 Å². The molecule has 0 aliphatic heterocycles. The van der Waals surface area contributed by atoms with E-state index in [0.717, 1.165) is 6.07 Å². The van der Waals surface area contributed by atoms with Crippen molar-refractivity contribution in [3.63, 3.8) is 0 Å². The highest BCUT2D eigenvalue weighted by molar-refractivity contribution is 7.88. The number of halogens is 3. The minimum absolute atomic E-state index is 0.465. The molecule has 0 bridgehead atoms. The maximum atomic E-state index is 12.4. The van der Waals surface area contributed by atoms with Crippen molar-refractivity contribution >= 4 is 22.1 Å². The Bertz CT molecular complexity index is 761. The molecule has 0 saturated heterocycles. The van der Waals surface area contributed by atoms with E-state index in [1.54, 1.807) is 0 Å². The molecule has 11 heteroatoms. The summed E-state index contributed by atoms with van der Waals surface area (Å²) < 4.78 is 68.2. The number of carbonyl (C=O) groups is 2. The van der Waals surface area contributed by atoms with Gasteiger partial charge in [-0.3, -0.25) is 0 Å². The zero-order valence-corrected chi connectivity index (χ0v) is 13.5. The van der Waals surface area contributed by atoms with Gasteiger partial charge in [0.25, 0.3) is 0 Å². The van der Waals surface area contributed by atoms with Crippen molar-refractivity contribution in [2.75, 3.05) is 0 Å². The van der Waals surface area contributed by atoms with Gasteiger partial charge in [0.2, 0.25) is 0 Å². The third-order valence-corrected chi connectivity index (χ3v) is 3.29. The second-order valence-electron chi connectivity index (χ2n) is 5.50. The number of ether oxygens (including phenoxy) is 1. The number of alkyl halides is 3. The van der Waals surface area contributed by atoms with E-state index in [1.165, 1.54) is 20.8 Å². The van der Waals surface area contributed by atoms with Crippen LogP contribution in [0.1, 0.15) is 41.5 Å². The molecular weight excluding hydrogens is 357 g/mol. The van der Waals surface area contributed by atoms with Gasteiger partial charge in [0.05, 0.1) is 5.56 Å². The van der Waals surface area contributed by atoms with Crippen LogP contribution in [0.2, 0.25) is 0 Å². The molecule has 0 spiro atoms. The molecule has 1 aromatic rings. The number of esters is 1. The lowest BCUT2D eigenvalue weighted by molar-refractivity contribution is -0.0501. The molecule has 1 aromatic carbocycles. The maximum Gasteiger partial charge on any atom is 0.534 e. The minimum Gasteiger partial charge on any atom is -0.478 e. The number of rotatable bonds is 4. The van der Waals surface area contributed by atoms with Crippen LogP contribution in [0.5, 0.6) is 5.75 Å². The van der Waals surface area contributed by atoms with Gasteiger partial charge in [-0.05, 0) is 39.0 Å². The van der Waals surface area contributed by atoms with Crippen LogP contribution in [-0.4, -0.2) is 36.6 Å². The molecule has 0 heterocycles. The van der Waals surface area contributed by atoms with Crippen molar-refractivity contribution in [3.8, 4) is 5.75 Å². The second-order valence-corrected chi connectivity index (χ2v) is 7.04. The minimum atomic E-state index is -6.04. The Morgan fingerprint density at radius 2 is 1.67 bits per heavy atom. The average Bonchev–Trinajstić information content (AvgIpc) is 2.34. The Morgan fingerprint density at radius 1 is 1.12 bits per heavy atom. The first-order valence-corrected chi connectivity index (χ1v) is 7.66. The summed E-state index contributed by atoms with van der Waals surface area (Å²) in [4.78, 5) is 22.9. The molecule has 1 N–H and O–H groups in total. The van der Waals surface area contributed by atoms with Crippen LogP contribution in [-0.2, 0) is 14.9 Å². The van der Waals surface area contributed by atoms with Crippen LogP contribution in [0.15, 0.2) is 18.2 Å². The molecule has 0 radical (unpaired) electrons. The molecule has 7 nitrogen and oxygen atoms in total. The number of benzene rings is 1. The first kappa shape index (κ1) is 19.7. The molecule has 0 aromatic heterocycles. The van der Waals surface area contributed by atoms with E-state index in [2.05, 4.69) is 4.18 Å². The smallest absolute Gasteiger partial charge is 0.478 e. The SMILES string of the molecule is CC(C)(C)OC(=O)c1cc(C(=O)O)ccc1OS(=O)(=O)C(F)(F)F. The van der Waals surface area contributed by atoms with Crippen molar-refractivity contribution < 1.29 is 45.2 Å². The third kappa shape index (κ3) is 4.85. The lowest BCUT2D eigenvalue weighted by atomic mass is 10.1. The fourth-order valence-electron chi connectivity index (χ4n) is 1.39. The van der Waals surface area contributed by atoms with Crippen molar-refractivity contribution in [1.82, 2.24) is 0 Å². The highest BCUT2D eigenvalue weighted by Gasteiger charge is 2.49. The Labute approximate surface area is 135 Å². The molecule has 1 rings (SSSR count). The summed E-state index contributed by atoms with van der Waals surface area (Å²) in [6, 6.07) is 2.08. The van der Waals surface area contributed by atoms with E-state index in [9.17, 15) is 31.2 Å². The molecule has 0 unspecified atom stereocenters. The molecule has 0 fully saturated rings. The van der Waals surface area contributed by atoms with Crippen LogP contribution >= 0.6 is 0 Å². The molecule has 0 aliphatic rings. The topological polar surface area (TPSA) is 107 Å². The maximum absolute atomic E-state index is 12.4. The van der Waals surface area contributed by atoms with Crippen LogP contribution in [0.4, 0.5) is 13.2 Å². The second kappa shape index (κ2) is 6.30. The highest BCUT2D eigenvalue weighted by Crippen LogP contribution is 2.30. The lowest BCUT2D eigenvalue weighted by Crippen LogP contribution is -2.29. The number of aromatic carboxylic acids is 1. The average molecular weight is 370 g/mol. The summed E-state index contributed by atoms with van der Waals surface area (Å²) in [5.41, 5.74) is -8.01. The van der Waals surface area contributed by atoms with Gasteiger partial charge in [0, 0.05) is 0 Å². The van der Waals surface area contributed by atoms with Crippen molar-refractivity contribution in [3.05, 3.63) is 29.3 Å². The Hall–Kier alpha value is -2.30. The van der Waals surface area contributed by atoms with Gasteiger partial charge in [0.15, 0.2) is 5.75 Å². The molecule has 134 valence electrons. The number of carbonyl (C=O) groups excluding carboxylic acids is 1. The van der Waals surface area contributed by atoms with E-state index < -0.39 is 50.0 Å². The van der Waals surface area contributed by atoms with E-state index >= 15 is 0 Å². The van der Waals surface area contributed by atoms with Crippen LogP contribution < -0.4 is 4.18 Å². The quantitative estimate of drug-likeness (QED) is 0.493. The predicted molar refractivity (Wildman–Crippen MR) is 74.2 cm³/mol. The van der Waals surface area contributed by atoms with Gasteiger partial charge in [0.1, 0.15) is 11.2 Å². The summed E-state index contributed by atoms with van der Waals surface area (Å²) in [5.74, 6) is -3.71. The van der Waals surface area contributed by atoms with Crippen molar-refractivity contribution in [1.29, 1.82) is 0 Å². The van der Waals surface area contributed by atoms with Gasteiger partial charge in [-0.25, -0.2) is 9.59 Å². The largest absolute Gasteiger partial charge is 0.534 e. The van der Waals surface area contributed by atoms with Crippen LogP contribution in [0.25, 0.3) is 0 Å². The fourth-order valence-corrected chi connectivity index (χ4v) is 1.87. The van der Waals surface area contributed by atoms with Gasteiger partial charge in [-0.15, -0.1) is 0 Å². The third-order valence-electron chi connectivity index (χ3n) is 2.33. The predicted octanol–water partition coefficient (Wildman–Crippen LogP) is 2.57. The number of hydrogen-bond acceptors (Lipinski definition) is 6. The summed E-state index contributed by atoms with van der Waals surface area (Å²) in [5, 5.41) is 8.89. The lowest BCUT2D eigenvalue weighted by Gasteiger charge is -2.20. The molecular formula is C13H13F3O7S. The van der Waals surface area contributed by atoms with Crippen molar-refractivity contribution in [2.24, 2.45) is 0 Å². The first-order chi connectivity index (χ1) is 10.6. The summed E-state index contributed by atoms with van der Waals surface area (Å²) in [6.45, 7) is 4.37. The van der Waals surface area contributed by atoms with Crippen LogP contribution in [0, 0.1) is 0 Å². The highest BCUT2D eigenvalue weighted by atomic mass is 32.2. The van der Waals surface area contributed by atoms with Gasteiger partial charge in [-0.1, -0.05) is 0 Å². The first-order valence-electron chi connectivity index (χ1n) is 6.25. The fraction of sp³-hybridized carbons (Fsp3) is 0.385. The zero-order chi connectivity index (χ0) is 18.9. The van der Waals surface area contributed by atoms with E-state index in [-0.39, 0.29) is 0 Å². The molecule has 0 amide bonds. The number of hydrogen-bond donors (Lipinski definition) is 1. The molecule has 24 heavy (non-hydrogen) atoms. The van der Waals surface area contributed by atoms with E-state index in [4.69, 9.17) is 9.84 Å². The van der Waals surface area contributed by atoms with Crippen molar-refractivity contribution in [2.45, 2.75) is 31.9 Å². The standard InChI is InChI=1S/C13H13F3O7S/c1-12(2,3)22-11(19)8-6-7(10(17)18)4-5-9(8)23-24(20,21)13(14,15)16/h4-6H,1-3H3,(H,17,18). The zero-order valence-electron chi connectivity index (χ0n) is 12.7. The van der Waals surface area contributed by atoms with Crippen LogP contribution in [0.3, 0.4) is 0 Å².